The van der Waals surface area contributed by atoms with E-state index in [0.717, 1.165) is 28.2 Å². The molecule has 0 bridgehead atoms. The average molecular weight is 310 g/mol. The van der Waals surface area contributed by atoms with Crippen molar-refractivity contribution in [3.05, 3.63) is 72.1 Å². The molecule has 0 radical (unpaired) electrons. The van der Waals surface area contributed by atoms with E-state index in [4.69, 9.17) is 5.73 Å². The van der Waals surface area contributed by atoms with Crippen molar-refractivity contribution in [2.45, 2.75) is 27.7 Å². The summed E-state index contributed by atoms with van der Waals surface area (Å²) in [6, 6.07) is 1.88. The monoisotopic (exact) mass is 310 g/mol. The molecule has 3 aromatic rings. The van der Waals surface area contributed by atoms with Crippen LogP contribution in [0, 0.1) is 27.7 Å². The highest BCUT2D eigenvalue weighted by molar-refractivity contribution is 5.36. The normalized spacial score (nSPS) is 9.04. The van der Waals surface area contributed by atoms with Crippen molar-refractivity contribution < 1.29 is 0 Å². The topological polar surface area (TPSA) is 90.5 Å². The van der Waals surface area contributed by atoms with Gasteiger partial charge in [-0.3, -0.25) is 4.98 Å². The van der Waals surface area contributed by atoms with E-state index in [9.17, 15) is 0 Å². The zero-order chi connectivity index (χ0) is 17.1. The number of nitrogens with two attached hydrogens (primary N) is 1. The van der Waals surface area contributed by atoms with Gasteiger partial charge < -0.3 is 5.73 Å². The Bertz CT molecular complexity index is 645. The van der Waals surface area contributed by atoms with Crippen LogP contribution in [0.2, 0.25) is 0 Å². The van der Waals surface area contributed by atoms with Crippen LogP contribution in [0.1, 0.15) is 22.5 Å². The van der Waals surface area contributed by atoms with Crippen molar-refractivity contribution in [1.82, 2.24) is 24.9 Å². The lowest BCUT2D eigenvalue weighted by molar-refractivity contribution is 1.03. The third-order valence-electron chi connectivity index (χ3n) is 2.50. The second kappa shape index (κ2) is 9.94. The van der Waals surface area contributed by atoms with Crippen LogP contribution in [-0.2, 0) is 0 Å². The minimum atomic E-state index is 0.727. The molecule has 2 N–H and O–H groups in total. The number of nitrogen functional groups attached to an aromatic ring is 1. The van der Waals surface area contributed by atoms with E-state index in [1.54, 1.807) is 24.8 Å². The number of aryl methyl sites for hydroxylation is 4. The predicted molar refractivity (Wildman–Crippen MR) is 91.7 cm³/mol. The molecule has 0 fully saturated rings. The number of hydrogen-bond acceptors (Lipinski definition) is 6. The number of pyridine rings is 1. The van der Waals surface area contributed by atoms with Crippen LogP contribution in [0.4, 0.5) is 5.69 Å². The molecule has 120 valence electrons. The predicted octanol–water partition coefficient (Wildman–Crippen LogP) is 2.85. The quantitative estimate of drug-likeness (QED) is 0.686. The smallest absolute Gasteiger partial charge is 0.125 e. The van der Waals surface area contributed by atoms with Crippen LogP contribution in [-0.4, -0.2) is 24.9 Å². The second-order valence-electron chi connectivity index (χ2n) is 5.02. The minimum Gasteiger partial charge on any atom is -0.397 e. The standard InChI is InChI=1S/2C6H8N2.C5H6N2/c1-5-3-7-6(2)8-4-5;1-5-2-6(7)4-8-3-5;1-5-2-6-4-7-3-5/h3-4H,1-2H3;2-4H,7H2,1H3;2-4H,1H3. The summed E-state index contributed by atoms with van der Waals surface area (Å²) in [7, 11) is 0. The van der Waals surface area contributed by atoms with Crippen LogP contribution >= 0.6 is 0 Å². The number of anilines is 1. The Kier molecular flexibility index (Phi) is 7.85. The van der Waals surface area contributed by atoms with Crippen LogP contribution in [0.25, 0.3) is 0 Å². The maximum atomic E-state index is 5.40. The first-order chi connectivity index (χ1) is 11.0. The first-order valence-electron chi connectivity index (χ1n) is 7.11. The van der Waals surface area contributed by atoms with Gasteiger partial charge in [-0.1, -0.05) is 0 Å². The molecular formula is C17H22N6. The second-order valence-corrected chi connectivity index (χ2v) is 5.02. The molecule has 3 aromatic heterocycles. The molecule has 0 aliphatic carbocycles. The van der Waals surface area contributed by atoms with Gasteiger partial charge in [-0.15, -0.1) is 0 Å². The highest BCUT2D eigenvalue weighted by atomic mass is 14.8. The van der Waals surface area contributed by atoms with Gasteiger partial charge in [0.15, 0.2) is 0 Å². The maximum Gasteiger partial charge on any atom is 0.125 e. The highest BCUT2D eigenvalue weighted by Gasteiger charge is 1.83. The van der Waals surface area contributed by atoms with Crippen molar-refractivity contribution in [2.24, 2.45) is 0 Å². The van der Waals surface area contributed by atoms with Gasteiger partial charge in [0, 0.05) is 37.2 Å². The maximum absolute atomic E-state index is 5.40. The van der Waals surface area contributed by atoms with E-state index >= 15 is 0 Å². The Morgan fingerprint density at radius 1 is 0.652 bits per heavy atom. The highest BCUT2D eigenvalue weighted by Crippen LogP contribution is 2.00. The summed E-state index contributed by atoms with van der Waals surface area (Å²) in [6.07, 6.45) is 12.1. The molecule has 23 heavy (non-hydrogen) atoms. The molecule has 0 aliphatic rings. The molecule has 0 saturated heterocycles. The zero-order valence-corrected chi connectivity index (χ0v) is 13.9. The van der Waals surface area contributed by atoms with E-state index in [1.807, 2.05) is 46.2 Å². The van der Waals surface area contributed by atoms with Gasteiger partial charge in [-0.2, -0.15) is 0 Å². The Balaban J connectivity index is 0.000000173. The molecule has 6 heteroatoms. The fraction of sp³-hybridized carbons (Fsp3) is 0.235. The van der Waals surface area contributed by atoms with Gasteiger partial charge in [0.05, 0.1) is 5.69 Å². The molecule has 0 atom stereocenters. The van der Waals surface area contributed by atoms with E-state index in [0.29, 0.717) is 0 Å². The van der Waals surface area contributed by atoms with Gasteiger partial charge in [-0.25, -0.2) is 19.9 Å². The third-order valence-corrected chi connectivity index (χ3v) is 2.50. The Hall–Kier alpha value is -2.89. The summed E-state index contributed by atoms with van der Waals surface area (Å²) in [5.74, 6) is 0.829. The van der Waals surface area contributed by atoms with E-state index in [-0.39, 0.29) is 0 Å². The van der Waals surface area contributed by atoms with Crippen LogP contribution < -0.4 is 5.73 Å². The number of aromatic nitrogens is 5. The Morgan fingerprint density at radius 3 is 1.52 bits per heavy atom. The fourth-order valence-corrected chi connectivity index (χ4v) is 1.41. The summed E-state index contributed by atoms with van der Waals surface area (Å²) in [5.41, 5.74) is 9.43. The molecule has 0 aliphatic heterocycles. The van der Waals surface area contributed by atoms with E-state index in [2.05, 4.69) is 24.9 Å². The van der Waals surface area contributed by atoms with Crippen LogP contribution in [0.5, 0.6) is 0 Å². The average Bonchev–Trinajstić information content (AvgIpc) is 2.52. The van der Waals surface area contributed by atoms with Crippen molar-refractivity contribution in [2.75, 3.05) is 5.73 Å². The SMILES string of the molecule is Cc1cnc(C)nc1.Cc1cncc(N)c1.Cc1cncnc1. The number of hydrogen-bond donors (Lipinski definition) is 1. The summed E-state index contributed by atoms with van der Waals surface area (Å²) in [4.78, 5) is 19.3. The van der Waals surface area contributed by atoms with Gasteiger partial charge >= 0.3 is 0 Å². The molecule has 0 saturated carbocycles. The molecule has 3 heterocycles. The lowest BCUT2D eigenvalue weighted by Crippen LogP contribution is -1.85. The third kappa shape index (κ3) is 8.87. The van der Waals surface area contributed by atoms with E-state index < -0.39 is 0 Å². The molecule has 0 aromatic carbocycles. The number of nitrogens with zero attached hydrogens (tertiary/aromatic N) is 5. The van der Waals surface area contributed by atoms with Gasteiger partial charge in [0.25, 0.3) is 0 Å². The Morgan fingerprint density at radius 2 is 1.17 bits per heavy atom. The van der Waals surface area contributed by atoms with Gasteiger partial charge in [0.2, 0.25) is 0 Å². The molecular weight excluding hydrogens is 288 g/mol. The van der Waals surface area contributed by atoms with Crippen LogP contribution in [0.15, 0.2) is 49.6 Å². The van der Waals surface area contributed by atoms with Crippen molar-refractivity contribution in [1.29, 1.82) is 0 Å². The summed E-state index contributed by atoms with van der Waals surface area (Å²) in [5, 5.41) is 0. The van der Waals surface area contributed by atoms with Gasteiger partial charge in [-0.05, 0) is 50.5 Å². The fourth-order valence-electron chi connectivity index (χ4n) is 1.41. The number of rotatable bonds is 0. The lowest BCUT2D eigenvalue weighted by Gasteiger charge is -1.90. The molecule has 0 unspecified atom stereocenters. The van der Waals surface area contributed by atoms with Gasteiger partial charge in [0.1, 0.15) is 12.2 Å². The van der Waals surface area contributed by atoms with Crippen molar-refractivity contribution in [3.8, 4) is 0 Å². The zero-order valence-electron chi connectivity index (χ0n) is 13.9. The molecule has 3 rings (SSSR count). The van der Waals surface area contributed by atoms with Crippen molar-refractivity contribution >= 4 is 5.69 Å². The first kappa shape index (κ1) is 18.2. The minimum absolute atomic E-state index is 0.727. The molecule has 6 nitrogen and oxygen atoms in total. The van der Waals surface area contributed by atoms with E-state index in [1.165, 1.54) is 6.33 Å². The first-order valence-corrected chi connectivity index (χ1v) is 7.11. The van der Waals surface area contributed by atoms with Crippen LogP contribution in [0.3, 0.4) is 0 Å². The Labute approximate surface area is 136 Å². The van der Waals surface area contributed by atoms with Crippen molar-refractivity contribution in [3.63, 3.8) is 0 Å². The lowest BCUT2D eigenvalue weighted by atomic mass is 10.3. The summed E-state index contributed by atoms with van der Waals surface area (Å²) >= 11 is 0. The molecule has 0 amide bonds. The molecule has 0 spiro atoms. The summed E-state index contributed by atoms with van der Waals surface area (Å²) < 4.78 is 0. The summed E-state index contributed by atoms with van der Waals surface area (Å²) in [6.45, 7) is 7.77. The largest absolute Gasteiger partial charge is 0.397 e.